The maximum Gasteiger partial charge on any atom is 0.420 e. The van der Waals surface area contributed by atoms with Crippen LogP contribution in [0.3, 0.4) is 0 Å². The van der Waals surface area contributed by atoms with Crippen molar-refractivity contribution in [1.82, 2.24) is 4.57 Å². The van der Waals surface area contributed by atoms with Crippen molar-refractivity contribution in [1.29, 1.82) is 0 Å². The molecule has 3 rings (SSSR count). The van der Waals surface area contributed by atoms with Crippen molar-refractivity contribution in [2.24, 2.45) is 0 Å². The molecule has 0 bridgehead atoms. The summed E-state index contributed by atoms with van der Waals surface area (Å²) < 4.78 is 6.03. The number of nitrogens with zero attached hydrogens (tertiary/aromatic N) is 2. The summed E-state index contributed by atoms with van der Waals surface area (Å²) in [5.41, 5.74) is 0.419. The van der Waals surface area contributed by atoms with Gasteiger partial charge in [0.25, 0.3) is 5.69 Å². The molecule has 0 saturated heterocycles. The van der Waals surface area contributed by atoms with E-state index in [1.807, 2.05) is 0 Å². The smallest absolute Gasteiger partial charge is 0.407 e. The number of aromatic nitrogens is 1. The van der Waals surface area contributed by atoms with Gasteiger partial charge in [0, 0.05) is 11.1 Å². The van der Waals surface area contributed by atoms with E-state index in [2.05, 4.69) is 5.32 Å². The fourth-order valence-electron chi connectivity index (χ4n) is 2.24. The number of oxazole rings is 1. The van der Waals surface area contributed by atoms with E-state index in [0.29, 0.717) is 10.7 Å². The zero-order valence-electron chi connectivity index (χ0n) is 12.4. The van der Waals surface area contributed by atoms with Crippen LogP contribution in [0, 0.1) is 10.1 Å². The Bertz CT molecular complexity index is 1060. The minimum atomic E-state index is -0.798. The zero-order chi connectivity index (χ0) is 18.1. The molecule has 1 aromatic heterocycles. The number of amides is 1. The van der Waals surface area contributed by atoms with Crippen LogP contribution in [-0.2, 0) is 11.3 Å². The largest absolute Gasteiger partial charge is 0.420 e. The van der Waals surface area contributed by atoms with Gasteiger partial charge < -0.3 is 9.73 Å². The number of nitro groups is 1. The molecule has 0 unspecified atom stereocenters. The first-order valence-electron chi connectivity index (χ1n) is 6.88. The maximum absolute atomic E-state index is 12.2. The van der Waals surface area contributed by atoms with Crippen LogP contribution < -0.4 is 11.1 Å². The molecule has 1 N–H and O–H groups in total. The number of hydrogen-bond donors (Lipinski definition) is 1. The fraction of sp³-hybridized carbons (Fsp3) is 0.0667. The molecule has 1 heterocycles. The first kappa shape index (κ1) is 17.0. The van der Waals surface area contributed by atoms with Crippen LogP contribution in [0.15, 0.2) is 45.6 Å². The van der Waals surface area contributed by atoms with E-state index in [0.717, 1.165) is 10.6 Å². The molecular weight excluding hydrogens is 373 g/mol. The standard InChI is InChI=1S/C15H9Cl2N3O5/c16-8-1-3-11(10(17)5-8)18-14(21)7-19-12-4-2-9(20(23)24)6-13(12)25-15(19)22/h1-6H,7H2,(H,18,21). The van der Waals surface area contributed by atoms with Gasteiger partial charge >= 0.3 is 5.76 Å². The molecule has 1 amide bonds. The Kier molecular flexibility index (Phi) is 4.47. The third-order valence-electron chi connectivity index (χ3n) is 3.37. The molecule has 128 valence electrons. The van der Waals surface area contributed by atoms with Gasteiger partial charge in [-0.2, -0.15) is 0 Å². The normalized spacial score (nSPS) is 10.8. The summed E-state index contributed by atoms with van der Waals surface area (Å²) in [6, 6.07) is 8.25. The van der Waals surface area contributed by atoms with Crippen molar-refractivity contribution in [2.45, 2.75) is 6.54 Å². The van der Waals surface area contributed by atoms with Gasteiger partial charge in [-0.25, -0.2) is 4.79 Å². The minimum absolute atomic E-state index is 0.0246. The van der Waals surface area contributed by atoms with E-state index in [1.165, 1.54) is 24.3 Å². The molecule has 25 heavy (non-hydrogen) atoms. The molecule has 0 atom stereocenters. The molecular formula is C15H9Cl2N3O5. The van der Waals surface area contributed by atoms with Gasteiger partial charge in [0.1, 0.15) is 6.54 Å². The Morgan fingerprint density at radius 1 is 1.24 bits per heavy atom. The fourth-order valence-corrected chi connectivity index (χ4v) is 2.70. The first-order chi connectivity index (χ1) is 11.8. The highest BCUT2D eigenvalue weighted by atomic mass is 35.5. The Morgan fingerprint density at radius 3 is 2.68 bits per heavy atom. The number of anilines is 1. The van der Waals surface area contributed by atoms with E-state index < -0.39 is 16.6 Å². The Morgan fingerprint density at radius 2 is 2.00 bits per heavy atom. The molecule has 0 saturated carbocycles. The average molecular weight is 382 g/mol. The number of carbonyl (C=O) groups excluding carboxylic acids is 1. The lowest BCUT2D eigenvalue weighted by Gasteiger charge is -2.07. The molecule has 0 aliphatic carbocycles. The van der Waals surface area contributed by atoms with E-state index in [4.69, 9.17) is 27.6 Å². The van der Waals surface area contributed by atoms with Crippen molar-refractivity contribution in [3.05, 3.63) is 67.1 Å². The van der Waals surface area contributed by atoms with Gasteiger partial charge in [-0.05, 0) is 24.3 Å². The lowest BCUT2D eigenvalue weighted by molar-refractivity contribution is -0.384. The van der Waals surface area contributed by atoms with Crippen LogP contribution in [0.4, 0.5) is 11.4 Å². The summed E-state index contributed by atoms with van der Waals surface area (Å²) in [5.74, 6) is -1.32. The summed E-state index contributed by atoms with van der Waals surface area (Å²) in [6.45, 7) is -0.345. The van der Waals surface area contributed by atoms with Crippen molar-refractivity contribution < 1.29 is 14.1 Å². The minimum Gasteiger partial charge on any atom is -0.407 e. The molecule has 3 aromatic rings. The van der Waals surface area contributed by atoms with Crippen LogP contribution in [0.1, 0.15) is 0 Å². The highest BCUT2D eigenvalue weighted by Gasteiger charge is 2.16. The number of nitrogens with one attached hydrogen (secondary N) is 1. The van der Waals surface area contributed by atoms with Gasteiger partial charge in [0.2, 0.25) is 5.91 Å². The summed E-state index contributed by atoms with van der Waals surface area (Å²) in [5, 5.41) is 14.0. The lowest BCUT2D eigenvalue weighted by atomic mass is 10.3. The van der Waals surface area contributed by atoms with E-state index in [9.17, 15) is 19.7 Å². The predicted octanol–water partition coefficient (Wildman–Crippen LogP) is 3.45. The predicted molar refractivity (Wildman–Crippen MR) is 92.2 cm³/mol. The van der Waals surface area contributed by atoms with Crippen molar-refractivity contribution in [3.8, 4) is 0 Å². The highest BCUT2D eigenvalue weighted by molar-refractivity contribution is 6.36. The number of halogens is 2. The van der Waals surface area contributed by atoms with Crippen LogP contribution in [-0.4, -0.2) is 15.4 Å². The van der Waals surface area contributed by atoms with E-state index in [-0.39, 0.29) is 28.4 Å². The molecule has 2 aromatic carbocycles. The molecule has 0 spiro atoms. The van der Waals surface area contributed by atoms with Gasteiger partial charge in [-0.1, -0.05) is 23.2 Å². The van der Waals surface area contributed by atoms with Crippen LogP contribution in [0.2, 0.25) is 10.0 Å². The summed E-state index contributed by atoms with van der Waals surface area (Å²) in [7, 11) is 0. The lowest BCUT2D eigenvalue weighted by Crippen LogP contribution is -2.24. The number of benzene rings is 2. The average Bonchev–Trinajstić information content (AvgIpc) is 2.85. The van der Waals surface area contributed by atoms with Crippen LogP contribution in [0.5, 0.6) is 0 Å². The number of non-ortho nitro benzene ring substituents is 1. The Labute approximate surface area is 149 Å². The van der Waals surface area contributed by atoms with Gasteiger partial charge in [-0.15, -0.1) is 0 Å². The second kappa shape index (κ2) is 6.58. The topological polar surface area (TPSA) is 107 Å². The van der Waals surface area contributed by atoms with Crippen molar-refractivity contribution in [2.75, 3.05) is 5.32 Å². The SMILES string of the molecule is O=C(Cn1c(=O)oc2cc([N+](=O)[O-])ccc21)Nc1ccc(Cl)cc1Cl. The summed E-state index contributed by atoms with van der Waals surface area (Å²) in [6.07, 6.45) is 0. The zero-order valence-corrected chi connectivity index (χ0v) is 13.9. The molecule has 0 aliphatic heterocycles. The highest BCUT2D eigenvalue weighted by Crippen LogP contribution is 2.25. The number of nitro benzene ring substituents is 1. The molecule has 0 radical (unpaired) electrons. The van der Waals surface area contributed by atoms with Gasteiger partial charge in [0.15, 0.2) is 5.58 Å². The Hall–Kier alpha value is -2.84. The second-order valence-electron chi connectivity index (χ2n) is 5.04. The van der Waals surface area contributed by atoms with E-state index >= 15 is 0 Å². The Balaban J connectivity index is 1.87. The van der Waals surface area contributed by atoms with Crippen LogP contribution in [0.25, 0.3) is 11.1 Å². The van der Waals surface area contributed by atoms with Crippen LogP contribution >= 0.6 is 23.2 Å². The third kappa shape index (κ3) is 3.49. The third-order valence-corrected chi connectivity index (χ3v) is 3.92. The second-order valence-corrected chi connectivity index (χ2v) is 5.88. The molecule has 0 aliphatic rings. The first-order valence-corrected chi connectivity index (χ1v) is 7.63. The number of hydrogen-bond acceptors (Lipinski definition) is 5. The number of carbonyl (C=O) groups is 1. The maximum atomic E-state index is 12.2. The molecule has 10 heteroatoms. The molecule has 8 nitrogen and oxygen atoms in total. The summed E-state index contributed by atoms with van der Waals surface area (Å²) in [4.78, 5) is 34.3. The summed E-state index contributed by atoms with van der Waals surface area (Å²) >= 11 is 11.8. The quantitative estimate of drug-likeness (QED) is 0.549. The monoisotopic (exact) mass is 381 g/mol. The number of rotatable bonds is 4. The molecule has 0 fully saturated rings. The number of fused-ring (bicyclic) bond motifs is 1. The van der Waals surface area contributed by atoms with Gasteiger partial charge in [-0.3, -0.25) is 19.5 Å². The van der Waals surface area contributed by atoms with Crippen molar-refractivity contribution in [3.63, 3.8) is 0 Å². The van der Waals surface area contributed by atoms with Gasteiger partial charge in [0.05, 0.1) is 27.2 Å². The van der Waals surface area contributed by atoms with Crippen molar-refractivity contribution >= 4 is 51.6 Å². The van der Waals surface area contributed by atoms with E-state index in [1.54, 1.807) is 6.07 Å².